The van der Waals surface area contributed by atoms with Gasteiger partial charge in [0, 0.05) is 19.0 Å². The molecule has 34 heavy (non-hydrogen) atoms. The Morgan fingerprint density at radius 2 is 1.79 bits per heavy atom. The van der Waals surface area contributed by atoms with Crippen LogP contribution in [0.25, 0.3) is 0 Å². The number of ether oxygens (including phenoxy) is 2. The van der Waals surface area contributed by atoms with Crippen molar-refractivity contribution in [1.29, 1.82) is 0 Å². The molecule has 1 N–H and O–H groups in total. The number of halogens is 1. The third-order valence-corrected chi connectivity index (χ3v) is 6.96. The predicted molar refractivity (Wildman–Crippen MR) is 138 cm³/mol. The number of hydrogen-bond acceptors (Lipinski definition) is 5. The van der Waals surface area contributed by atoms with E-state index in [9.17, 15) is 9.59 Å². The summed E-state index contributed by atoms with van der Waals surface area (Å²) < 4.78 is 11.3. The van der Waals surface area contributed by atoms with Gasteiger partial charge in [-0.05, 0) is 50.4 Å². The third kappa shape index (κ3) is 8.16. The molecule has 7 heteroatoms. The van der Waals surface area contributed by atoms with E-state index >= 15 is 0 Å². The number of benzene rings is 1. The van der Waals surface area contributed by atoms with Crippen molar-refractivity contribution in [3.63, 3.8) is 0 Å². The zero-order valence-corrected chi connectivity index (χ0v) is 22.3. The molecule has 2 rings (SSSR count). The first kappa shape index (κ1) is 28.4. The highest BCUT2D eigenvalue weighted by atomic mass is 35.5. The quantitative estimate of drug-likeness (QED) is 0.179. The number of nitrogens with zero attached hydrogens (tertiary/aromatic N) is 1. The summed E-state index contributed by atoms with van der Waals surface area (Å²) in [5.41, 5.74) is 0.931. The van der Waals surface area contributed by atoms with Gasteiger partial charge in [-0.3, -0.25) is 14.5 Å². The lowest BCUT2D eigenvalue weighted by atomic mass is 10.0. The molecule has 1 amide bonds. The first-order chi connectivity index (χ1) is 16.5. The molecule has 6 nitrogen and oxygen atoms in total. The molecule has 1 saturated heterocycles. The molecule has 0 spiro atoms. The summed E-state index contributed by atoms with van der Waals surface area (Å²) in [6.07, 6.45) is 11.0. The molecule has 1 heterocycles. The molecule has 0 radical (unpaired) electrons. The topological polar surface area (TPSA) is 67.9 Å². The molecule has 1 fully saturated rings. The third-order valence-electron chi connectivity index (χ3n) is 6.68. The van der Waals surface area contributed by atoms with E-state index in [1.54, 1.807) is 6.07 Å². The second-order valence-corrected chi connectivity index (χ2v) is 9.50. The number of hydrogen-bond donors (Lipinski definition) is 1. The Morgan fingerprint density at radius 1 is 1.09 bits per heavy atom. The number of carbonyl (C=O) groups is 2. The summed E-state index contributed by atoms with van der Waals surface area (Å²) in [5, 5.41) is 3.38. The summed E-state index contributed by atoms with van der Waals surface area (Å²) in [5.74, 6) is -0.132. The molecule has 1 aliphatic rings. The number of methoxy groups -OCH3 is 1. The second-order valence-electron chi connectivity index (χ2n) is 9.09. The fourth-order valence-electron chi connectivity index (χ4n) is 4.68. The van der Waals surface area contributed by atoms with Crippen LogP contribution in [-0.4, -0.2) is 49.6 Å². The minimum Gasteiger partial charge on any atom is -0.494 e. The van der Waals surface area contributed by atoms with Crippen molar-refractivity contribution in [3.8, 4) is 11.5 Å². The van der Waals surface area contributed by atoms with Crippen LogP contribution in [0.3, 0.4) is 0 Å². The first-order valence-electron chi connectivity index (χ1n) is 13.1. The highest BCUT2D eigenvalue weighted by Gasteiger charge is 2.28. The van der Waals surface area contributed by atoms with E-state index in [0.29, 0.717) is 30.5 Å². The van der Waals surface area contributed by atoms with Crippen LogP contribution in [0.5, 0.6) is 11.5 Å². The molecule has 0 saturated carbocycles. The molecule has 0 aliphatic carbocycles. The van der Waals surface area contributed by atoms with Gasteiger partial charge in [-0.15, -0.1) is 0 Å². The molecular formula is C27H43ClN2O4. The van der Waals surface area contributed by atoms with Crippen molar-refractivity contribution in [2.75, 3.05) is 26.7 Å². The fourth-order valence-corrected chi connectivity index (χ4v) is 4.99. The molecule has 1 aromatic rings. The standard InChI is InChI=1S/C27H43ClN2O4/c1-5-8-9-10-11-12-13-16-23(31)34-25-20(6-2)18-22(28)26(33-4)24(25)27(32)29-19-21-15-14-17-30(21)7-3/h18,21H,5-17,19H2,1-4H3,(H,29,32). The molecular weight excluding hydrogens is 452 g/mol. The smallest absolute Gasteiger partial charge is 0.311 e. The largest absolute Gasteiger partial charge is 0.494 e. The maximum Gasteiger partial charge on any atom is 0.311 e. The Morgan fingerprint density at radius 3 is 2.44 bits per heavy atom. The summed E-state index contributed by atoms with van der Waals surface area (Å²) in [6, 6.07) is 2.04. The number of aryl methyl sites for hydroxylation is 1. The van der Waals surface area contributed by atoms with Crippen LogP contribution < -0.4 is 14.8 Å². The van der Waals surface area contributed by atoms with Gasteiger partial charge in [0.15, 0.2) is 11.5 Å². The Bertz CT molecular complexity index is 799. The zero-order valence-electron chi connectivity index (χ0n) is 21.5. The maximum absolute atomic E-state index is 13.3. The Balaban J connectivity index is 2.10. The minimum atomic E-state index is -0.324. The Kier molecular flexibility index (Phi) is 12.8. The predicted octanol–water partition coefficient (Wildman–Crippen LogP) is 6.17. The van der Waals surface area contributed by atoms with Crippen LogP contribution in [0.1, 0.15) is 101 Å². The SMILES string of the molecule is CCCCCCCCCC(=O)Oc1c(CC)cc(Cl)c(OC)c1C(=O)NCC1CCCN1CC. The van der Waals surface area contributed by atoms with Crippen LogP contribution in [0, 0.1) is 0 Å². The van der Waals surface area contributed by atoms with E-state index in [-0.39, 0.29) is 28.9 Å². The number of esters is 1. The monoisotopic (exact) mass is 494 g/mol. The van der Waals surface area contributed by atoms with E-state index in [2.05, 4.69) is 24.1 Å². The summed E-state index contributed by atoms with van der Waals surface area (Å²) in [7, 11) is 1.48. The highest BCUT2D eigenvalue weighted by molar-refractivity contribution is 6.33. The Labute approximate surface area is 210 Å². The van der Waals surface area contributed by atoms with Gasteiger partial charge in [0.25, 0.3) is 5.91 Å². The average Bonchev–Trinajstić information content (AvgIpc) is 3.30. The van der Waals surface area contributed by atoms with Crippen molar-refractivity contribution in [1.82, 2.24) is 10.2 Å². The summed E-state index contributed by atoms with van der Waals surface area (Å²) in [6.45, 7) is 8.84. The maximum atomic E-state index is 13.3. The average molecular weight is 495 g/mol. The van der Waals surface area contributed by atoms with E-state index < -0.39 is 0 Å². The molecule has 0 aromatic heterocycles. The fraction of sp³-hybridized carbons (Fsp3) is 0.704. The van der Waals surface area contributed by atoms with Gasteiger partial charge in [-0.2, -0.15) is 0 Å². The molecule has 1 aromatic carbocycles. The second kappa shape index (κ2) is 15.3. The van der Waals surface area contributed by atoms with Gasteiger partial charge in [-0.1, -0.05) is 70.9 Å². The van der Waals surface area contributed by atoms with Gasteiger partial charge < -0.3 is 14.8 Å². The number of rotatable bonds is 15. The normalized spacial score (nSPS) is 16.0. The Hall–Kier alpha value is -1.79. The van der Waals surface area contributed by atoms with Crippen molar-refractivity contribution in [2.45, 2.75) is 97.4 Å². The number of nitrogens with one attached hydrogen (secondary N) is 1. The van der Waals surface area contributed by atoms with Crippen LogP contribution in [0.2, 0.25) is 5.02 Å². The summed E-state index contributed by atoms with van der Waals surface area (Å²) >= 11 is 6.44. The molecule has 1 unspecified atom stereocenters. The number of likely N-dealkylation sites (N-methyl/N-ethyl adjacent to an activating group) is 1. The van der Waals surface area contributed by atoms with Gasteiger partial charge in [0.2, 0.25) is 0 Å². The van der Waals surface area contributed by atoms with Crippen LogP contribution in [-0.2, 0) is 11.2 Å². The number of amides is 1. The van der Waals surface area contributed by atoms with Crippen LogP contribution in [0.4, 0.5) is 0 Å². The lowest BCUT2D eigenvalue weighted by Crippen LogP contribution is -2.40. The lowest BCUT2D eigenvalue weighted by Gasteiger charge is -2.24. The van der Waals surface area contributed by atoms with E-state index in [0.717, 1.165) is 50.8 Å². The zero-order chi connectivity index (χ0) is 24.9. The minimum absolute atomic E-state index is 0.209. The van der Waals surface area contributed by atoms with Crippen molar-refractivity contribution < 1.29 is 19.1 Å². The van der Waals surface area contributed by atoms with Gasteiger partial charge in [0.1, 0.15) is 5.56 Å². The molecule has 1 atom stereocenters. The first-order valence-corrected chi connectivity index (χ1v) is 13.5. The van der Waals surface area contributed by atoms with Crippen LogP contribution >= 0.6 is 11.6 Å². The summed E-state index contributed by atoms with van der Waals surface area (Å²) in [4.78, 5) is 28.4. The van der Waals surface area contributed by atoms with E-state index in [1.165, 1.54) is 32.8 Å². The van der Waals surface area contributed by atoms with Gasteiger partial charge in [0.05, 0.1) is 12.1 Å². The van der Waals surface area contributed by atoms with Crippen molar-refractivity contribution >= 4 is 23.5 Å². The molecule has 192 valence electrons. The van der Waals surface area contributed by atoms with E-state index in [1.807, 2.05) is 6.92 Å². The number of carbonyl (C=O) groups excluding carboxylic acids is 2. The molecule has 1 aliphatic heterocycles. The van der Waals surface area contributed by atoms with Crippen LogP contribution in [0.15, 0.2) is 6.07 Å². The lowest BCUT2D eigenvalue weighted by molar-refractivity contribution is -0.134. The van der Waals surface area contributed by atoms with Gasteiger partial charge in [-0.25, -0.2) is 0 Å². The van der Waals surface area contributed by atoms with Gasteiger partial charge >= 0.3 is 5.97 Å². The van der Waals surface area contributed by atoms with E-state index in [4.69, 9.17) is 21.1 Å². The number of unbranched alkanes of at least 4 members (excludes halogenated alkanes) is 6. The number of likely N-dealkylation sites (tertiary alicyclic amines) is 1. The highest BCUT2D eigenvalue weighted by Crippen LogP contribution is 2.39. The van der Waals surface area contributed by atoms with Crippen molar-refractivity contribution in [3.05, 3.63) is 22.2 Å². The molecule has 0 bridgehead atoms. The van der Waals surface area contributed by atoms with Crippen molar-refractivity contribution in [2.24, 2.45) is 0 Å².